The summed E-state index contributed by atoms with van der Waals surface area (Å²) in [5.41, 5.74) is 3.65. The smallest absolute Gasteiger partial charge is 0.431 e. The van der Waals surface area contributed by atoms with E-state index in [1.54, 1.807) is 26.8 Å². The van der Waals surface area contributed by atoms with Crippen molar-refractivity contribution < 1.29 is 29.2 Å². The topological polar surface area (TPSA) is 165 Å². The van der Waals surface area contributed by atoms with Crippen molar-refractivity contribution in [2.75, 3.05) is 12.3 Å². The van der Waals surface area contributed by atoms with Gasteiger partial charge in [0.2, 0.25) is 5.60 Å². The maximum absolute atomic E-state index is 11.7. The van der Waals surface area contributed by atoms with Gasteiger partial charge in [0, 0.05) is 0 Å². The summed E-state index contributed by atoms with van der Waals surface area (Å²) in [5.74, 6) is 0.173. The van der Waals surface area contributed by atoms with E-state index in [0.29, 0.717) is 5.52 Å². The number of anilines is 1. The number of carbonyl (C=O) groups excluding carboxylic acids is 1. The summed E-state index contributed by atoms with van der Waals surface area (Å²) in [6.07, 6.45) is -4.05. The monoisotopic (exact) mass is 391 g/mol. The summed E-state index contributed by atoms with van der Waals surface area (Å²) in [6, 6.07) is 4.96. The molecule has 3 rings (SSSR count). The lowest BCUT2D eigenvalue weighted by molar-refractivity contribution is -0.0789. The Morgan fingerprint density at radius 1 is 1.46 bits per heavy atom. The van der Waals surface area contributed by atoms with E-state index in [1.807, 2.05) is 6.07 Å². The van der Waals surface area contributed by atoms with Crippen molar-refractivity contribution >= 4 is 17.5 Å². The first-order valence-electron chi connectivity index (χ1n) is 8.49. The lowest BCUT2D eigenvalue weighted by Gasteiger charge is -2.24. The molecule has 4 N–H and O–H groups in total. The molecule has 1 saturated heterocycles. The first-order chi connectivity index (χ1) is 13.1. The molecule has 11 nitrogen and oxygen atoms in total. The Kier molecular flexibility index (Phi) is 4.88. The van der Waals surface area contributed by atoms with Gasteiger partial charge in [0.25, 0.3) is 0 Å². The van der Waals surface area contributed by atoms with Crippen LogP contribution in [0.1, 0.15) is 26.5 Å². The Morgan fingerprint density at radius 2 is 2.18 bits per heavy atom. The van der Waals surface area contributed by atoms with Crippen LogP contribution in [0.25, 0.3) is 5.52 Å². The second kappa shape index (κ2) is 6.90. The Bertz CT molecular complexity index is 932. The molecule has 0 aromatic carbocycles. The fourth-order valence-corrected chi connectivity index (χ4v) is 2.98. The van der Waals surface area contributed by atoms with E-state index in [0.717, 1.165) is 0 Å². The van der Waals surface area contributed by atoms with Gasteiger partial charge in [0.05, 0.1) is 5.69 Å². The van der Waals surface area contributed by atoms with Gasteiger partial charge in [-0.25, -0.2) is 14.3 Å². The Morgan fingerprint density at radius 3 is 2.82 bits per heavy atom. The van der Waals surface area contributed by atoms with Crippen LogP contribution in [0.5, 0.6) is 0 Å². The molecule has 0 aliphatic carbocycles. The maximum Gasteiger partial charge on any atom is 0.508 e. The fourth-order valence-electron chi connectivity index (χ4n) is 2.98. The molecule has 4 atom stereocenters. The highest BCUT2D eigenvalue weighted by molar-refractivity contribution is 5.66. The average Bonchev–Trinajstić information content (AvgIpc) is 3.15. The predicted molar refractivity (Wildman–Crippen MR) is 93.8 cm³/mol. The molecule has 2 aromatic rings. The summed E-state index contributed by atoms with van der Waals surface area (Å²) >= 11 is 0. The molecular formula is C17H21N5O6. The molecule has 0 radical (unpaired) electrons. The van der Waals surface area contributed by atoms with Gasteiger partial charge < -0.3 is 30.2 Å². The average molecular weight is 391 g/mol. The van der Waals surface area contributed by atoms with E-state index >= 15 is 0 Å². The van der Waals surface area contributed by atoms with Crippen LogP contribution in [0, 0.1) is 11.3 Å². The molecule has 11 heteroatoms. The van der Waals surface area contributed by atoms with Gasteiger partial charge in [-0.05, 0) is 32.9 Å². The lowest BCUT2D eigenvalue weighted by Crippen LogP contribution is -2.41. The van der Waals surface area contributed by atoms with E-state index in [1.165, 1.54) is 16.9 Å². The zero-order valence-corrected chi connectivity index (χ0v) is 15.6. The molecule has 0 bridgehead atoms. The minimum absolute atomic E-state index is 0.158. The van der Waals surface area contributed by atoms with Gasteiger partial charge >= 0.3 is 6.16 Å². The van der Waals surface area contributed by atoms with Crippen LogP contribution in [-0.4, -0.2) is 61.5 Å². The standard InChI is InChI=1S/C17H21N5O6/c1-16(2,3)28-15(25)26-6-10-12(23)13(24)17(7-18,27-10)11-5-4-9-14(19)20-8-21-22(9)11/h4-5,8,10,12-13,23-24H,6H2,1-3H3,(H2,19,20,21)/t10-,12-,13-,17+/m1/s1. The zero-order valence-electron chi connectivity index (χ0n) is 15.6. The summed E-state index contributed by atoms with van der Waals surface area (Å²) in [6.45, 7) is 4.60. The molecule has 0 spiro atoms. The Balaban J connectivity index is 1.86. The molecule has 2 aromatic heterocycles. The highest BCUT2D eigenvalue weighted by atomic mass is 16.7. The largest absolute Gasteiger partial charge is 0.508 e. The van der Waals surface area contributed by atoms with Crippen LogP contribution in [0.4, 0.5) is 10.6 Å². The van der Waals surface area contributed by atoms with Gasteiger partial charge in [-0.2, -0.15) is 10.4 Å². The van der Waals surface area contributed by atoms with E-state index < -0.39 is 42.3 Å². The molecule has 28 heavy (non-hydrogen) atoms. The minimum atomic E-state index is -1.95. The molecule has 1 aliphatic rings. The van der Waals surface area contributed by atoms with Crippen molar-refractivity contribution in [1.29, 1.82) is 5.26 Å². The van der Waals surface area contributed by atoms with E-state index in [4.69, 9.17) is 19.9 Å². The lowest BCUT2D eigenvalue weighted by atomic mass is 9.92. The second-order valence-electron chi connectivity index (χ2n) is 7.38. The third kappa shape index (κ3) is 3.33. The second-order valence-corrected chi connectivity index (χ2v) is 7.38. The number of ether oxygens (including phenoxy) is 3. The van der Waals surface area contributed by atoms with E-state index in [2.05, 4.69) is 10.1 Å². The molecule has 150 valence electrons. The quantitative estimate of drug-likeness (QED) is 0.611. The number of hydrogen-bond acceptors (Lipinski definition) is 10. The van der Waals surface area contributed by atoms with Gasteiger partial charge in [0.1, 0.15) is 48.4 Å². The third-order valence-electron chi connectivity index (χ3n) is 4.24. The van der Waals surface area contributed by atoms with Crippen LogP contribution in [0.3, 0.4) is 0 Å². The summed E-state index contributed by atoms with van der Waals surface area (Å²) in [7, 11) is 0. The first-order valence-corrected chi connectivity index (χ1v) is 8.49. The van der Waals surface area contributed by atoms with Crippen LogP contribution >= 0.6 is 0 Å². The third-order valence-corrected chi connectivity index (χ3v) is 4.24. The summed E-state index contributed by atoms with van der Waals surface area (Å²) in [4.78, 5) is 15.6. The number of nitriles is 1. The van der Waals surface area contributed by atoms with Gasteiger partial charge in [-0.15, -0.1) is 0 Å². The van der Waals surface area contributed by atoms with Crippen molar-refractivity contribution in [3.63, 3.8) is 0 Å². The van der Waals surface area contributed by atoms with E-state index in [-0.39, 0.29) is 11.5 Å². The van der Waals surface area contributed by atoms with Crippen LogP contribution in [-0.2, 0) is 19.8 Å². The fraction of sp³-hybridized carbons (Fsp3) is 0.529. The van der Waals surface area contributed by atoms with Crippen molar-refractivity contribution in [3.8, 4) is 6.07 Å². The minimum Gasteiger partial charge on any atom is -0.431 e. The van der Waals surface area contributed by atoms with E-state index in [9.17, 15) is 20.3 Å². The predicted octanol–water partition coefficient (Wildman–Crippen LogP) is 0.103. The number of nitrogens with zero attached hydrogens (tertiary/aromatic N) is 4. The number of fused-ring (bicyclic) bond motifs is 1. The van der Waals surface area contributed by atoms with Crippen LogP contribution in [0.15, 0.2) is 18.5 Å². The highest BCUT2D eigenvalue weighted by Gasteiger charge is 2.57. The molecular weight excluding hydrogens is 370 g/mol. The number of hydrogen-bond donors (Lipinski definition) is 3. The molecule has 3 heterocycles. The molecule has 1 aliphatic heterocycles. The maximum atomic E-state index is 11.7. The Labute approximate surface area is 160 Å². The number of nitrogen functional groups attached to an aromatic ring is 1. The number of aliphatic hydroxyl groups is 2. The first kappa shape index (κ1) is 19.8. The summed E-state index contributed by atoms with van der Waals surface area (Å²) < 4.78 is 17.0. The van der Waals surface area contributed by atoms with Crippen molar-refractivity contribution in [3.05, 3.63) is 24.2 Å². The number of rotatable bonds is 3. The van der Waals surface area contributed by atoms with Gasteiger partial charge in [-0.3, -0.25) is 0 Å². The van der Waals surface area contributed by atoms with Crippen molar-refractivity contribution in [1.82, 2.24) is 14.6 Å². The highest BCUT2D eigenvalue weighted by Crippen LogP contribution is 2.40. The summed E-state index contributed by atoms with van der Waals surface area (Å²) in [5, 5.41) is 34.8. The molecule has 0 saturated carbocycles. The normalized spacial score (nSPS) is 27.5. The zero-order chi connectivity index (χ0) is 20.7. The van der Waals surface area contributed by atoms with Crippen LogP contribution < -0.4 is 5.73 Å². The molecule has 1 fully saturated rings. The van der Waals surface area contributed by atoms with Gasteiger partial charge in [-0.1, -0.05) is 0 Å². The van der Waals surface area contributed by atoms with Crippen LogP contribution in [0.2, 0.25) is 0 Å². The molecule has 0 unspecified atom stereocenters. The number of aliphatic hydroxyl groups excluding tert-OH is 2. The van der Waals surface area contributed by atoms with Gasteiger partial charge in [0.15, 0.2) is 5.82 Å². The SMILES string of the molecule is CC(C)(C)OC(=O)OC[C@H]1O[C@@](C#N)(c2ccc3c(N)ncnn23)[C@H](O)[C@@H]1O. The number of nitrogens with two attached hydrogens (primary N) is 1. The number of aromatic nitrogens is 3. The van der Waals surface area contributed by atoms with Crippen molar-refractivity contribution in [2.24, 2.45) is 0 Å². The molecule has 0 amide bonds. The van der Waals surface area contributed by atoms with Crippen molar-refractivity contribution in [2.45, 2.75) is 50.3 Å². The Hall–Kier alpha value is -2.94. The number of carbonyl (C=O) groups is 1.